The van der Waals surface area contributed by atoms with Crippen molar-refractivity contribution in [3.05, 3.63) is 6.92 Å². The topological polar surface area (TPSA) is 37.3 Å². The van der Waals surface area contributed by atoms with Gasteiger partial charge >= 0.3 is 5.97 Å². The van der Waals surface area contributed by atoms with Gasteiger partial charge < -0.3 is 5.11 Å². The first kappa shape index (κ1) is 11.5. The summed E-state index contributed by atoms with van der Waals surface area (Å²) in [5.41, 5.74) is -0.741. The van der Waals surface area contributed by atoms with Crippen LogP contribution >= 0.6 is 0 Å². The number of carbonyl (C=O) groups is 1. The molecule has 0 heterocycles. The summed E-state index contributed by atoms with van der Waals surface area (Å²) in [5.74, 6) is -0.763. The van der Waals surface area contributed by atoms with E-state index in [1.807, 2.05) is 6.92 Å². The largest absolute Gasteiger partial charge is 0.481 e. The highest BCUT2D eigenvalue weighted by Crippen LogP contribution is 2.27. The molecular weight excluding hydrogens is 152 g/mol. The Morgan fingerprint density at radius 2 is 2.00 bits per heavy atom. The van der Waals surface area contributed by atoms with Gasteiger partial charge in [0.05, 0.1) is 5.41 Å². The minimum absolute atomic E-state index is 0.617. The van der Waals surface area contributed by atoms with Crippen LogP contribution in [0.1, 0.15) is 46.0 Å². The zero-order valence-electron chi connectivity index (χ0n) is 8.10. The molecule has 0 saturated heterocycles. The Bertz CT molecular complexity index is 143. The van der Waals surface area contributed by atoms with E-state index >= 15 is 0 Å². The third kappa shape index (κ3) is 3.24. The van der Waals surface area contributed by atoms with Crippen molar-refractivity contribution in [2.24, 2.45) is 5.41 Å². The van der Waals surface area contributed by atoms with E-state index in [0.717, 1.165) is 19.3 Å². The van der Waals surface area contributed by atoms with Crippen molar-refractivity contribution in [2.75, 3.05) is 0 Å². The fraction of sp³-hybridized carbons (Fsp3) is 0.800. The maximum Gasteiger partial charge on any atom is 0.309 e. The average molecular weight is 171 g/mol. The molecule has 0 bridgehead atoms. The molecule has 0 aliphatic rings. The molecule has 2 nitrogen and oxygen atoms in total. The van der Waals surface area contributed by atoms with E-state index in [1.54, 1.807) is 0 Å². The number of hydrogen-bond acceptors (Lipinski definition) is 1. The Morgan fingerprint density at radius 3 is 2.33 bits per heavy atom. The Labute approximate surface area is 75.0 Å². The fourth-order valence-electron chi connectivity index (χ4n) is 1.15. The monoisotopic (exact) mass is 171 g/mol. The lowest BCUT2D eigenvalue weighted by Gasteiger charge is -2.22. The predicted octanol–water partition coefficient (Wildman–Crippen LogP) is 2.88. The van der Waals surface area contributed by atoms with Crippen LogP contribution in [-0.2, 0) is 4.79 Å². The molecule has 1 unspecified atom stereocenters. The van der Waals surface area contributed by atoms with Gasteiger partial charge in [-0.2, -0.15) is 0 Å². The van der Waals surface area contributed by atoms with E-state index in [-0.39, 0.29) is 0 Å². The molecule has 0 saturated carbocycles. The van der Waals surface area contributed by atoms with Crippen molar-refractivity contribution in [1.29, 1.82) is 0 Å². The average Bonchev–Trinajstić information content (AvgIpc) is 2.04. The van der Waals surface area contributed by atoms with E-state index in [9.17, 15) is 4.79 Å². The molecule has 0 aliphatic heterocycles. The van der Waals surface area contributed by atoms with Gasteiger partial charge in [0.1, 0.15) is 0 Å². The Hall–Kier alpha value is -0.530. The SMILES string of the molecule is [CH2]C(CC)(CCCCC)C(=O)O. The number of rotatable bonds is 6. The molecule has 1 N–H and O–H groups in total. The Kier molecular flexibility index (Phi) is 4.95. The van der Waals surface area contributed by atoms with Gasteiger partial charge in [-0.1, -0.05) is 33.1 Å². The molecule has 0 aromatic rings. The fourth-order valence-corrected chi connectivity index (χ4v) is 1.15. The second-order valence-electron chi connectivity index (χ2n) is 3.40. The highest BCUT2D eigenvalue weighted by molar-refractivity contribution is 5.75. The van der Waals surface area contributed by atoms with Crippen molar-refractivity contribution in [1.82, 2.24) is 0 Å². The lowest BCUT2D eigenvalue weighted by Crippen LogP contribution is -2.26. The van der Waals surface area contributed by atoms with Gasteiger partial charge in [0.2, 0.25) is 0 Å². The van der Waals surface area contributed by atoms with E-state index < -0.39 is 11.4 Å². The van der Waals surface area contributed by atoms with Gasteiger partial charge in [-0.3, -0.25) is 4.79 Å². The quantitative estimate of drug-likeness (QED) is 0.624. The first-order valence-corrected chi connectivity index (χ1v) is 4.65. The lowest BCUT2D eigenvalue weighted by atomic mass is 9.82. The third-order valence-corrected chi connectivity index (χ3v) is 2.39. The van der Waals surface area contributed by atoms with Crippen molar-refractivity contribution in [2.45, 2.75) is 46.0 Å². The summed E-state index contributed by atoms with van der Waals surface area (Å²) in [6.07, 6.45) is 4.52. The zero-order valence-corrected chi connectivity index (χ0v) is 8.10. The molecule has 0 fully saturated rings. The molecule has 2 heteroatoms. The number of carboxylic acid groups (broad SMARTS) is 1. The maximum absolute atomic E-state index is 10.8. The van der Waals surface area contributed by atoms with Crippen LogP contribution in [0.25, 0.3) is 0 Å². The van der Waals surface area contributed by atoms with Crippen molar-refractivity contribution >= 4 is 5.97 Å². The molecule has 0 amide bonds. The van der Waals surface area contributed by atoms with Gasteiger partial charge in [0.15, 0.2) is 0 Å². The number of unbranched alkanes of at least 4 members (excludes halogenated alkanes) is 2. The van der Waals surface area contributed by atoms with Crippen LogP contribution in [0.15, 0.2) is 0 Å². The molecule has 0 aromatic heterocycles. The Balaban J connectivity index is 3.88. The highest BCUT2D eigenvalue weighted by Gasteiger charge is 2.29. The number of aliphatic carboxylic acids is 1. The molecule has 0 aromatic carbocycles. The van der Waals surface area contributed by atoms with Crippen LogP contribution in [0.3, 0.4) is 0 Å². The van der Waals surface area contributed by atoms with Gasteiger partial charge in [-0.15, -0.1) is 0 Å². The van der Waals surface area contributed by atoms with Gasteiger partial charge in [-0.05, 0) is 19.8 Å². The van der Waals surface area contributed by atoms with E-state index in [1.165, 1.54) is 0 Å². The van der Waals surface area contributed by atoms with E-state index in [2.05, 4.69) is 13.8 Å². The van der Waals surface area contributed by atoms with Crippen LogP contribution in [-0.4, -0.2) is 11.1 Å². The molecule has 0 aliphatic carbocycles. The normalized spacial score (nSPS) is 15.6. The Morgan fingerprint density at radius 1 is 1.42 bits per heavy atom. The van der Waals surface area contributed by atoms with E-state index in [0.29, 0.717) is 12.8 Å². The molecule has 71 valence electrons. The second kappa shape index (κ2) is 5.18. The van der Waals surface area contributed by atoms with Gasteiger partial charge in [-0.25, -0.2) is 0 Å². The van der Waals surface area contributed by atoms with Crippen molar-refractivity contribution in [3.63, 3.8) is 0 Å². The molecule has 0 spiro atoms. The molecular formula is C10H19O2. The number of carboxylic acids is 1. The third-order valence-electron chi connectivity index (χ3n) is 2.39. The summed E-state index contributed by atoms with van der Waals surface area (Å²) >= 11 is 0. The van der Waals surface area contributed by atoms with Crippen LogP contribution < -0.4 is 0 Å². The first-order valence-electron chi connectivity index (χ1n) is 4.65. The van der Waals surface area contributed by atoms with Crippen molar-refractivity contribution < 1.29 is 9.90 Å². The summed E-state index contributed by atoms with van der Waals surface area (Å²) < 4.78 is 0. The number of hydrogen-bond donors (Lipinski definition) is 1. The summed E-state index contributed by atoms with van der Waals surface area (Å²) in [7, 11) is 0. The van der Waals surface area contributed by atoms with Crippen LogP contribution in [0, 0.1) is 12.3 Å². The lowest BCUT2D eigenvalue weighted by molar-refractivity contribution is -0.146. The summed E-state index contributed by atoms with van der Waals surface area (Å²) in [5, 5.41) is 8.87. The highest BCUT2D eigenvalue weighted by atomic mass is 16.4. The minimum Gasteiger partial charge on any atom is -0.481 e. The predicted molar refractivity (Wildman–Crippen MR) is 49.9 cm³/mol. The van der Waals surface area contributed by atoms with Crippen LogP contribution in [0.2, 0.25) is 0 Å². The molecule has 12 heavy (non-hydrogen) atoms. The van der Waals surface area contributed by atoms with Crippen LogP contribution in [0.4, 0.5) is 0 Å². The molecule has 0 rings (SSSR count). The van der Waals surface area contributed by atoms with Crippen molar-refractivity contribution in [3.8, 4) is 0 Å². The standard InChI is InChI=1S/C10H19O2/c1-4-6-7-8-10(3,5-2)9(11)12/h3-8H2,1-2H3,(H,11,12). The minimum atomic E-state index is -0.763. The zero-order chi connectivity index (χ0) is 9.61. The smallest absolute Gasteiger partial charge is 0.309 e. The first-order chi connectivity index (χ1) is 5.56. The van der Waals surface area contributed by atoms with Gasteiger partial charge in [0.25, 0.3) is 0 Å². The van der Waals surface area contributed by atoms with E-state index in [4.69, 9.17) is 5.11 Å². The summed E-state index contributed by atoms with van der Waals surface area (Å²) in [6, 6.07) is 0. The summed E-state index contributed by atoms with van der Waals surface area (Å²) in [6.45, 7) is 7.75. The molecule has 1 atom stereocenters. The summed E-state index contributed by atoms with van der Waals surface area (Å²) in [4.78, 5) is 10.8. The molecule has 1 radical (unpaired) electrons. The van der Waals surface area contributed by atoms with Gasteiger partial charge in [0, 0.05) is 0 Å². The second-order valence-corrected chi connectivity index (χ2v) is 3.40. The van der Waals surface area contributed by atoms with Crippen LogP contribution in [0.5, 0.6) is 0 Å². The maximum atomic E-state index is 10.8.